The van der Waals surface area contributed by atoms with Gasteiger partial charge in [-0.3, -0.25) is 4.79 Å². The number of ether oxygens (including phenoxy) is 1. The van der Waals surface area contributed by atoms with Crippen LogP contribution in [0.4, 0.5) is 0 Å². The Labute approximate surface area is 162 Å². The zero-order valence-electron chi connectivity index (χ0n) is 14.6. The van der Waals surface area contributed by atoms with Crippen LogP contribution in [-0.2, 0) is 10.5 Å². The summed E-state index contributed by atoms with van der Waals surface area (Å²) < 4.78 is 5.80. The van der Waals surface area contributed by atoms with Crippen molar-refractivity contribution in [2.45, 2.75) is 24.0 Å². The largest absolute Gasteiger partial charge is 0.489 e. The maximum Gasteiger partial charge on any atom is 0.252 e. The van der Waals surface area contributed by atoms with Crippen molar-refractivity contribution < 1.29 is 9.53 Å². The summed E-state index contributed by atoms with van der Waals surface area (Å²) in [6.07, 6.45) is 1.99. The van der Waals surface area contributed by atoms with Crippen molar-refractivity contribution in [2.75, 3.05) is 11.5 Å². The third-order valence-corrected chi connectivity index (χ3v) is 6.32. The van der Waals surface area contributed by atoms with Crippen LogP contribution in [0.2, 0.25) is 0 Å². The van der Waals surface area contributed by atoms with E-state index in [9.17, 15) is 4.79 Å². The average Bonchev–Trinajstić information content (AvgIpc) is 2.64. The lowest BCUT2D eigenvalue weighted by Gasteiger charge is -2.25. The number of rotatable bonds is 8. The van der Waals surface area contributed by atoms with Gasteiger partial charge in [0.15, 0.2) is 0 Å². The topological polar surface area (TPSA) is 50.7 Å². The number of amides is 1. The number of nitrogens with one attached hydrogen (secondary N) is 1. The van der Waals surface area contributed by atoms with Crippen molar-refractivity contribution in [1.82, 2.24) is 5.43 Å². The van der Waals surface area contributed by atoms with E-state index in [1.165, 1.54) is 5.56 Å². The molecule has 26 heavy (non-hydrogen) atoms. The van der Waals surface area contributed by atoms with Crippen LogP contribution in [0.3, 0.4) is 0 Å². The van der Waals surface area contributed by atoms with Gasteiger partial charge in [0.2, 0.25) is 0 Å². The first-order valence-electron chi connectivity index (χ1n) is 8.53. The molecule has 0 spiro atoms. The second kappa shape index (κ2) is 9.69. The molecule has 1 saturated heterocycles. The normalized spacial score (nSPS) is 15.4. The lowest BCUT2D eigenvalue weighted by Crippen LogP contribution is -2.30. The molecule has 1 heterocycles. The molecule has 1 amide bonds. The molecule has 2 aromatic rings. The molecule has 2 aromatic carbocycles. The predicted molar refractivity (Wildman–Crippen MR) is 111 cm³/mol. The molecule has 0 radical (unpaired) electrons. The van der Waals surface area contributed by atoms with Crippen molar-refractivity contribution in [3.63, 3.8) is 0 Å². The predicted octanol–water partition coefficient (Wildman–Crippen LogP) is 3.95. The fourth-order valence-corrected chi connectivity index (χ4v) is 3.64. The molecule has 4 nitrogen and oxygen atoms in total. The molecular formula is C20H22N2O2S2. The van der Waals surface area contributed by atoms with E-state index in [0.29, 0.717) is 6.10 Å². The number of benzene rings is 2. The summed E-state index contributed by atoms with van der Waals surface area (Å²) in [4.78, 5) is 12.1. The molecule has 136 valence electrons. The van der Waals surface area contributed by atoms with Gasteiger partial charge < -0.3 is 4.74 Å². The molecule has 1 aliphatic heterocycles. The molecule has 1 unspecified atom stereocenters. The van der Waals surface area contributed by atoms with E-state index in [1.54, 1.807) is 18.0 Å². The minimum absolute atomic E-state index is 0.0929. The molecule has 1 atom stereocenters. The van der Waals surface area contributed by atoms with E-state index in [0.717, 1.165) is 28.6 Å². The fourth-order valence-electron chi connectivity index (χ4n) is 2.24. The number of thioether (sulfide) groups is 2. The van der Waals surface area contributed by atoms with Crippen molar-refractivity contribution in [2.24, 2.45) is 5.10 Å². The Bertz CT molecular complexity index is 731. The summed E-state index contributed by atoms with van der Waals surface area (Å²) in [6.45, 7) is 1.89. The van der Waals surface area contributed by atoms with Gasteiger partial charge in [0.05, 0.1) is 11.5 Å². The van der Waals surface area contributed by atoms with Gasteiger partial charge in [-0.05, 0) is 42.3 Å². The molecule has 0 aromatic heterocycles. The average molecular weight is 387 g/mol. The van der Waals surface area contributed by atoms with E-state index >= 15 is 0 Å². The maximum atomic E-state index is 12.1. The lowest BCUT2D eigenvalue weighted by molar-refractivity contribution is -0.120. The minimum Gasteiger partial charge on any atom is -0.489 e. The van der Waals surface area contributed by atoms with Crippen LogP contribution in [-0.4, -0.2) is 35.0 Å². The second-order valence-corrected chi connectivity index (χ2v) is 8.42. The number of carbonyl (C=O) groups excluding carboxylic acids is 1. The van der Waals surface area contributed by atoms with E-state index in [-0.39, 0.29) is 11.2 Å². The summed E-state index contributed by atoms with van der Waals surface area (Å²) >= 11 is 3.49. The highest BCUT2D eigenvalue weighted by Crippen LogP contribution is 2.23. The highest BCUT2D eigenvalue weighted by molar-refractivity contribution is 8.00. The highest BCUT2D eigenvalue weighted by Gasteiger charge is 2.19. The standard InChI is InChI=1S/C20H22N2O2S2/c1-15(26-12-17-5-3-2-4-6-17)20(23)22-21-11-16-7-9-18(10-8-16)24-19-13-25-14-19/h2-11,15,19H,12-14H2,1H3,(H,22,23). The maximum absolute atomic E-state index is 12.1. The Hall–Kier alpha value is -1.92. The molecule has 1 N–H and O–H groups in total. The van der Waals surface area contributed by atoms with Crippen LogP contribution in [0.15, 0.2) is 59.7 Å². The number of hydrogen-bond donors (Lipinski definition) is 1. The summed E-state index contributed by atoms with van der Waals surface area (Å²) in [7, 11) is 0. The van der Waals surface area contributed by atoms with Crippen molar-refractivity contribution in [3.8, 4) is 5.75 Å². The van der Waals surface area contributed by atoms with Crippen LogP contribution in [0.1, 0.15) is 18.1 Å². The zero-order chi connectivity index (χ0) is 18.2. The molecular weight excluding hydrogens is 364 g/mol. The van der Waals surface area contributed by atoms with Gasteiger partial charge >= 0.3 is 0 Å². The summed E-state index contributed by atoms with van der Waals surface area (Å²) in [5, 5.41) is 3.89. The second-order valence-electron chi connectivity index (χ2n) is 6.02. The van der Waals surface area contributed by atoms with Gasteiger partial charge in [-0.25, -0.2) is 5.43 Å². The number of carbonyl (C=O) groups is 1. The quantitative estimate of drug-likeness (QED) is 0.551. The Morgan fingerprint density at radius 2 is 2.00 bits per heavy atom. The Kier molecular flexibility index (Phi) is 7.03. The smallest absolute Gasteiger partial charge is 0.252 e. The zero-order valence-corrected chi connectivity index (χ0v) is 16.3. The first-order valence-corrected chi connectivity index (χ1v) is 10.7. The van der Waals surface area contributed by atoms with E-state index in [1.807, 2.05) is 61.2 Å². The number of hydrogen-bond acceptors (Lipinski definition) is 5. The van der Waals surface area contributed by atoms with Crippen molar-refractivity contribution in [3.05, 3.63) is 65.7 Å². The molecule has 3 rings (SSSR count). The van der Waals surface area contributed by atoms with Crippen molar-refractivity contribution in [1.29, 1.82) is 0 Å². The first kappa shape index (κ1) is 18.9. The summed E-state index contributed by atoms with van der Waals surface area (Å²) in [6, 6.07) is 17.9. The summed E-state index contributed by atoms with van der Waals surface area (Å²) in [5.74, 6) is 3.72. The van der Waals surface area contributed by atoms with E-state index in [2.05, 4.69) is 22.7 Å². The van der Waals surface area contributed by atoms with Crippen LogP contribution in [0, 0.1) is 0 Å². The highest BCUT2D eigenvalue weighted by atomic mass is 32.2. The molecule has 0 saturated carbocycles. The van der Waals surface area contributed by atoms with E-state index < -0.39 is 0 Å². The van der Waals surface area contributed by atoms with Crippen LogP contribution < -0.4 is 10.2 Å². The van der Waals surface area contributed by atoms with Crippen LogP contribution >= 0.6 is 23.5 Å². The van der Waals surface area contributed by atoms with Gasteiger partial charge in [-0.2, -0.15) is 16.9 Å². The van der Waals surface area contributed by atoms with E-state index in [4.69, 9.17) is 4.74 Å². The fraction of sp³-hybridized carbons (Fsp3) is 0.300. The molecule has 1 aliphatic rings. The van der Waals surface area contributed by atoms with Gasteiger partial charge in [-0.15, -0.1) is 11.8 Å². The Morgan fingerprint density at radius 1 is 1.27 bits per heavy atom. The number of nitrogens with zero attached hydrogens (tertiary/aromatic N) is 1. The third-order valence-electron chi connectivity index (χ3n) is 3.89. The number of hydrazone groups is 1. The van der Waals surface area contributed by atoms with Crippen LogP contribution in [0.5, 0.6) is 5.75 Å². The van der Waals surface area contributed by atoms with Gasteiger partial charge in [0.1, 0.15) is 11.9 Å². The molecule has 6 heteroatoms. The first-order chi connectivity index (χ1) is 12.7. The molecule has 0 bridgehead atoms. The lowest BCUT2D eigenvalue weighted by atomic mass is 10.2. The third kappa shape index (κ3) is 5.81. The van der Waals surface area contributed by atoms with Gasteiger partial charge in [0.25, 0.3) is 5.91 Å². The van der Waals surface area contributed by atoms with Crippen LogP contribution in [0.25, 0.3) is 0 Å². The minimum atomic E-state index is -0.163. The SMILES string of the molecule is CC(SCc1ccccc1)C(=O)NN=Cc1ccc(OC2CSC2)cc1. The monoisotopic (exact) mass is 386 g/mol. The molecule has 1 fully saturated rings. The van der Waals surface area contributed by atoms with Gasteiger partial charge in [0, 0.05) is 17.3 Å². The summed E-state index contributed by atoms with van der Waals surface area (Å²) in [5.41, 5.74) is 4.74. The van der Waals surface area contributed by atoms with Crippen molar-refractivity contribution >= 4 is 35.6 Å². The molecule has 0 aliphatic carbocycles. The Morgan fingerprint density at radius 3 is 2.65 bits per heavy atom. The Balaban J connectivity index is 1.41. The van der Waals surface area contributed by atoms with Gasteiger partial charge in [-0.1, -0.05) is 30.3 Å².